The van der Waals surface area contributed by atoms with Crippen molar-refractivity contribution in [1.29, 1.82) is 0 Å². The van der Waals surface area contributed by atoms with E-state index in [1.807, 2.05) is 33.8 Å². The molecule has 0 bridgehead atoms. The molecule has 3 heteroatoms. The quantitative estimate of drug-likeness (QED) is 0.688. The van der Waals surface area contributed by atoms with Gasteiger partial charge in [-0.2, -0.15) is 0 Å². The normalized spacial score (nSPS) is 27.6. The molecule has 0 saturated carbocycles. The van der Waals surface area contributed by atoms with Crippen LogP contribution in [0, 0.1) is 0 Å². The minimum atomic E-state index is -0.900. The molecule has 1 rings (SSSR count). The third-order valence-corrected chi connectivity index (χ3v) is 2.38. The van der Waals surface area contributed by atoms with Crippen molar-refractivity contribution in [1.82, 2.24) is 0 Å². The first-order chi connectivity index (χ1) is 7.37. The summed E-state index contributed by atoms with van der Waals surface area (Å²) in [5.41, 5.74) is -0.279. The molecule has 0 aromatic carbocycles. The first kappa shape index (κ1) is 13.5. The van der Waals surface area contributed by atoms with Crippen LogP contribution in [0.15, 0.2) is 12.3 Å². The maximum atomic E-state index is 5.94. The highest BCUT2D eigenvalue weighted by Crippen LogP contribution is 2.32. The molecule has 16 heavy (non-hydrogen) atoms. The Morgan fingerprint density at radius 2 is 2.12 bits per heavy atom. The topological polar surface area (TPSA) is 27.7 Å². The minimum absolute atomic E-state index is 0.133. The van der Waals surface area contributed by atoms with Crippen LogP contribution in [0.5, 0.6) is 0 Å². The standard InChI is InChI=1S/C13H24O3/c1-6-11(2)15-13(16-12(3,4)5)9-7-8-10-14-13/h8,10-11H,6-7,9H2,1-5H3. The lowest BCUT2D eigenvalue weighted by atomic mass is 10.1. The second kappa shape index (κ2) is 5.19. The van der Waals surface area contributed by atoms with Gasteiger partial charge in [-0.05, 0) is 46.6 Å². The summed E-state index contributed by atoms with van der Waals surface area (Å²) in [6, 6.07) is 0. The van der Waals surface area contributed by atoms with E-state index in [0.717, 1.165) is 19.3 Å². The molecule has 1 aliphatic heterocycles. The van der Waals surface area contributed by atoms with E-state index in [2.05, 4.69) is 6.92 Å². The van der Waals surface area contributed by atoms with Gasteiger partial charge in [-0.1, -0.05) is 6.92 Å². The van der Waals surface area contributed by atoms with Gasteiger partial charge in [-0.15, -0.1) is 0 Å². The van der Waals surface area contributed by atoms with Crippen molar-refractivity contribution in [2.24, 2.45) is 0 Å². The highest BCUT2D eigenvalue weighted by atomic mass is 16.9. The summed E-state index contributed by atoms with van der Waals surface area (Å²) in [5, 5.41) is 0. The third-order valence-electron chi connectivity index (χ3n) is 2.38. The molecular weight excluding hydrogens is 204 g/mol. The highest BCUT2D eigenvalue weighted by molar-refractivity contribution is 4.84. The van der Waals surface area contributed by atoms with Crippen LogP contribution in [0.2, 0.25) is 0 Å². The molecular formula is C13H24O3. The van der Waals surface area contributed by atoms with Gasteiger partial charge in [0.25, 0.3) is 0 Å². The fourth-order valence-corrected chi connectivity index (χ4v) is 1.58. The van der Waals surface area contributed by atoms with Gasteiger partial charge in [-0.3, -0.25) is 0 Å². The van der Waals surface area contributed by atoms with Crippen LogP contribution in [-0.2, 0) is 14.2 Å². The lowest BCUT2D eigenvalue weighted by molar-refractivity contribution is -0.404. The van der Waals surface area contributed by atoms with Crippen LogP contribution in [0.25, 0.3) is 0 Å². The van der Waals surface area contributed by atoms with Gasteiger partial charge < -0.3 is 14.2 Å². The maximum absolute atomic E-state index is 5.94. The Labute approximate surface area is 98.8 Å². The molecule has 0 fully saturated rings. The van der Waals surface area contributed by atoms with Gasteiger partial charge in [0.15, 0.2) is 0 Å². The van der Waals surface area contributed by atoms with Gasteiger partial charge >= 0.3 is 5.97 Å². The minimum Gasteiger partial charge on any atom is -0.447 e. The van der Waals surface area contributed by atoms with Crippen molar-refractivity contribution < 1.29 is 14.2 Å². The van der Waals surface area contributed by atoms with Crippen molar-refractivity contribution in [3.8, 4) is 0 Å². The molecule has 2 unspecified atom stereocenters. The van der Waals surface area contributed by atoms with E-state index < -0.39 is 5.97 Å². The fourth-order valence-electron chi connectivity index (χ4n) is 1.58. The maximum Gasteiger partial charge on any atom is 0.327 e. The summed E-state index contributed by atoms with van der Waals surface area (Å²) in [4.78, 5) is 0. The lowest BCUT2D eigenvalue weighted by Crippen LogP contribution is -2.46. The lowest BCUT2D eigenvalue weighted by Gasteiger charge is -2.40. The summed E-state index contributed by atoms with van der Waals surface area (Å²) in [7, 11) is 0. The summed E-state index contributed by atoms with van der Waals surface area (Å²) < 4.78 is 17.4. The number of hydrogen-bond donors (Lipinski definition) is 0. The van der Waals surface area contributed by atoms with Gasteiger partial charge in [0.05, 0.1) is 18.0 Å². The molecule has 3 nitrogen and oxygen atoms in total. The molecule has 1 heterocycles. The Hall–Kier alpha value is -0.540. The third kappa shape index (κ3) is 4.14. The largest absolute Gasteiger partial charge is 0.447 e. The van der Waals surface area contributed by atoms with Crippen molar-refractivity contribution in [2.45, 2.75) is 71.6 Å². The van der Waals surface area contributed by atoms with Crippen LogP contribution in [-0.4, -0.2) is 17.7 Å². The van der Waals surface area contributed by atoms with E-state index in [1.54, 1.807) is 6.26 Å². The molecule has 0 N–H and O–H groups in total. The number of ether oxygens (including phenoxy) is 3. The predicted molar refractivity (Wildman–Crippen MR) is 63.9 cm³/mol. The molecule has 94 valence electrons. The molecule has 0 spiro atoms. The first-order valence-electron chi connectivity index (χ1n) is 6.08. The number of hydrogen-bond acceptors (Lipinski definition) is 3. The van der Waals surface area contributed by atoms with Crippen molar-refractivity contribution in [2.75, 3.05) is 0 Å². The van der Waals surface area contributed by atoms with Crippen LogP contribution in [0.1, 0.15) is 53.9 Å². The number of allylic oxidation sites excluding steroid dienone is 1. The first-order valence-corrected chi connectivity index (χ1v) is 6.08. The van der Waals surface area contributed by atoms with Crippen molar-refractivity contribution >= 4 is 0 Å². The van der Waals surface area contributed by atoms with Gasteiger partial charge in [0.1, 0.15) is 0 Å². The zero-order chi connectivity index (χ0) is 12.2. The molecule has 1 aliphatic rings. The predicted octanol–water partition coefficient (Wildman–Crippen LogP) is 3.59. The van der Waals surface area contributed by atoms with Crippen LogP contribution in [0.3, 0.4) is 0 Å². The van der Waals surface area contributed by atoms with E-state index in [1.165, 1.54) is 0 Å². The zero-order valence-corrected chi connectivity index (χ0v) is 11.1. The molecule has 0 saturated heterocycles. The summed E-state index contributed by atoms with van der Waals surface area (Å²) in [5.74, 6) is -0.900. The monoisotopic (exact) mass is 228 g/mol. The van der Waals surface area contributed by atoms with Crippen LogP contribution in [0.4, 0.5) is 0 Å². The van der Waals surface area contributed by atoms with Gasteiger partial charge in [-0.25, -0.2) is 0 Å². The Morgan fingerprint density at radius 3 is 2.56 bits per heavy atom. The average molecular weight is 228 g/mol. The molecule has 0 aliphatic carbocycles. The van der Waals surface area contributed by atoms with Crippen LogP contribution < -0.4 is 0 Å². The van der Waals surface area contributed by atoms with Crippen molar-refractivity contribution in [3.05, 3.63) is 12.3 Å². The van der Waals surface area contributed by atoms with Gasteiger partial charge in [0, 0.05) is 6.42 Å². The van der Waals surface area contributed by atoms with E-state index in [9.17, 15) is 0 Å². The fraction of sp³-hybridized carbons (Fsp3) is 0.846. The van der Waals surface area contributed by atoms with E-state index in [-0.39, 0.29) is 11.7 Å². The molecule has 2 atom stereocenters. The zero-order valence-electron chi connectivity index (χ0n) is 11.1. The Bertz CT molecular complexity index is 242. The highest BCUT2D eigenvalue weighted by Gasteiger charge is 2.40. The molecule has 0 aromatic heterocycles. The average Bonchev–Trinajstić information content (AvgIpc) is 2.15. The molecule has 0 amide bonds. The second-order valence-corrected chi connectivity index (χ2v) is 5.26. The Balaban J connectivity index is 2.72. The summed E-state index contributed by atoms with van der Waals surface area (Å²) >= 11 is 0. The van der Waals surface area contributed by atoms with E-state index in [4.69, 9.17) is 14.2 Å². The summed E-state index contributed by atoms with van der Waals surface area (Å²) in [6.07, 6.45) is 6.41. The molecule has 0 aromatic rings. The van der Waals surface area contributed by atoms with E-state index in [0.29, 0.717) is 0 Å². The molecule has 0 radical (unpaired) electrons. The van der Waals surface area contributed by atoms with Crippen LogP contribution >= 0.6 is 0 Å². The van der Waals surface area contributed by atoms with E-state index >= 15 is 0 Å². The Morgan fingerprint density at radius 1 is 1.44 bits per heavy atom. The van der Waals surface area contributed by atoms with Gasteiger partial charge in [0.2, 0.25) is 0 Å². The SMILES string of the molecule is CCC(C)OC1(OC(C)(C)C)CCC=CO1. The number of rotatable bonds is 4. The Kier molecular flexibility index (Phi) is 4.39. The second-order valence-electron chi connectivity index (χ2n) is 5.26. The smallest absolute Gasteiger partial charge is 0.327 e. The van der Waals surface area contributed by atoms with Crippen molar-refractivity contribution in [3.63, 3.8) is 0 Å². The summed E-state index contributed by atoms with van der Waals surface area (Å²) in [6.45, 7) is 10.2.